The monoisotopic (exact) mass is 385 g/mol. The summed E-state index contributed by atoms with van der Waals surface area (Å²) in [5.41, 5.74) is 1.05. The number of ketones is 1. The van der Waals surface area contributed by atoms with E-state index in [0.29, 0.717) is 30.0 Å². The van der Waals surface area contributed by atoms with Gasteiger partial charge >= 0.3 is 0 Å². The molecule has 2 aromatic rings. The largest absolute Gasteiger partial charge is 0.338 e. The minimum absolute atomic E-state index is 0.0871. The SMILES string of the molecule is CC(=O)c1nn(C[C@@H]2CCCN2C(=O)CC2CCCCC2)c2ccc(F)cc12. The van der Waals surface area contributed by atoms with Crippen LogP contribution in [0, 0.1) is 11.7 Å². The van der Waals surface area contributed by atoms with Crippen LogP contribution >= 0.6 is 0 Å². The smallest absolute Gasteiger partial charge is 0.223 e. The Kier molecular flexibility index (Phi) is 5.47. The van der Waals surface area contributed by atoms with Crippen LogP contribution in [0.1, 0.15) is 68.8 Å². The minimum Gasteiger partial charge on any atom is -0.338 e. The number of aromatic nitrogens is 2. The van der Waals surface area contributed by atoms with Gasteiger partial charge in [-0.05, 0) is 49.8 Å². The Labute approximate surface area is 164 Å². The topological polar surface area (TPSA) is 55.2 Å². The van der Waals surface area contributed by atoms with Gasteiger partial charge in [0.2, 0.25) is 5.91 Å². The van der Waals surface area contributed by atoms with Crippen molar-refractivity contribution in [3.8, 4) is 0 Å². The minimum atomic E-state index is -0.375. The van der Waals surface area contributed by atoms with Crippen LogP contribution in [0.4, 0.5) is 4.39 Å². The zero-order valence-electron chi connectivity index (χ0n) is 16.5. The van der Waals surface area contributed by atoms with Crippen molar-refractivity contribution in [2.24, 2.45) is 5.92 Å². The predicted molar refractivity (Wildman–Crippen MR) is 106 cm³/mol. The average molecular weight is 385 g/mol. The van der Waals surface area contributed by atoms with Gasteiger partial charge in [0, 0.05) is 25.3 Å². The molecule has 1 saturated carbocycles. The summed E-state index contributed by atoms with van der Waals surface area (Å²) >= 11 is 0. The summed E-state index contributed by atoms with van der Waals surface area (Å²) in [4.78, 5) is 26.9. The van der Waals surface area contributed by atoms with E-state index in [1.54, 1.807) is 10.7 Å². The van der Waals surface area contributed by atoms with E-state index >= 15 is 0 Å². The van der Waals surface area contributed by atoms with E-state index < -0.39 is 0 Å². The highest BCUT2D eigenvalue weighted by molar-refractivity contribution is 6.04. The Bertz CT molecular complexity index is 885. The molecule has 0 unspecified atom stereocenters. The lowest BCUT2D eigenvalue weighted by molar-refractivity contribution is -0.133. The molecule has 1 aliphatic carbocycles. The van der Waals surface area contributed by atoms with E-state index in [0.717, 1.165) is 24.9 Å². The number of carbonyl (C=O) groups excluding carboxylic acids is 2. The fraction of sp³-hybridized carbons (Fsp3) is 0.591. The zero-order chi connectivity index (χ0) is 19.7. The third kappa shape index (κ3) is 3.82. The van der Waals surface area contributed by atoms with E-state index in [9.17, 15) is 14.0 Å². The molecular weight excluding hydrogens is 357 g/mol. The Morgan fingerprint density at radius 3 is 2.68 bits per heavy atom. The number of hydrogen-bond donors (Lipinski definition) is 0. The highest BCUT2D eigenvalue weighted by atomic mass is 19.1. The van der Waals surface area contributed by atoms with Crippen molar-refractivity contribution >= 4 is 22.6 Å². The summed E-state index contributed by atoms with van der Waals surface area (Å²) in [5.74, 6) is 0.231. The van der Waals surface area contributed by atoms with Crippen molar-refractivity contribution in [2.75, 3.05) is 6.54 Å². The second-order valence-electron chi connectivity index (χ2n) is 8.34. The van der Waals surface area contributed by atoms with E-state index in [-0.39, 0.29) is 23.5 Å². The van der Waals surface area contributed by atoms with Crippen LogP contribution in [0.2, 0.25) is 0 Å². The van der Waals surface area contributed by atoms with Crippen molar-refractivity contribution in [2.45, 2.75) is 70.9 Å². The van der Waals surface area contributed by atoms with Crippen LogP contribution in [0.3, 0.4) is 0 Å². The van der Waals surface area contributed by atoms with Crippen LogP contribution in [-0.2, 0) is 11.3 Å². The molecular formula is C22H28FN3O2. The number of Topliss-reactive ketones (excluding diaryl/α,β-unsaturated/α-hetero) is 1. The lowest BCUT2D eigenvalue weighted by Crippen LogP contribution is -2.39. The van der Waals surface area contributed by atoms with Crippen LogP contribution < -0.4 is 0 Å². The molecule has 1 aromatic carbocycles. The second-order valence-corrected chi connectivity index (χ2v) is 8.34. The molecule has 5 nitrogen and oxygen atoms in total. The van der Waals surface area contributed by atoms with Gasteiger partial charge in [-0.3, -0.25) is 14.3 Å². The molecule has 2 fully saturated rings. The van der Waals surface area contributed by atoms with Gasteiger partial charge < -0.3 is 4.90 Å². The number of likely N-dealkylation sites (tertiary alicyclic amines) is 1. The van der Waals surface area contributed by atoms with E-state index in [1.165, 1.54) is 51.2 Å². The fourth-order valence-corrected chi connectivity index (χ4v) is 4.86. The fourth-order valence-electron chi connectivity index (χ4n) is 4.86. The predicted octanol–water partition coefficient (Wildman–Crippen LogP) is 4.34. The Morgan fingerprint density at radius 2 is 1.93 bits per heavy atom. The molecule has 150 valence electrons. The maximum atomic E-state index is 13.7. The normalized spacial score (nSPS) is 20.8. The molecule has 1 amide bonds. The molecule has 1 saturated heterocycles. The number of amides is 1. The highest BCUT2D eigenvalue weighted by Gasteiger charge is 2.31. The summed E-state index contributed by atoms with van der Waals surface area (Å²) in [7, 11) is 0. The second kappa shape index (κ2) is 8.02. The van der Waals surface area contributed by atoms with Gasteiger partial charge in [0.1, 0.15) is 11.5 Å². The molecule has 4 rings (SSSR count). The molecule has 1 aliphatic heterocycles. The number of fused-ring (bicyclic) bond motifs is 1. The lowest BCUT2D eigenvalue weighted by Gasteiger charge is -2.28. The summed E-state index contributed by atoms with van der Waals surface area (Å²) in [5, 5.41) is 5.01. The third-order valence-corrected chi connectivity index (χ3v) is 6.32. The maximum absolute atomic E-state index is 13.7. The first-order valence-electron chi connectivity index (χ1n) is 10.5. The summed E-state index contributed by atoms with van der Waals surface area (Å²) in [6.45, 7) is 2.79. The van der Waals surface area contributed by atoms with Gasteiger partial charge in [0.15, 0.2) is 5.78 Å². The number of benzene rings is 1. The molecule has 6 heteroatoms. The summed E-state index contributed by atoms with van der Waals surface area (Å²) in [6.07, 6.45) is 8.70. The summed E-state index contributed by atoms with van der Waals surface area (Å²) in [6, 6.07) is 4.53. The number of nitrogens with zero attached hydrogens (tertiary/aromatic N) is 3. The van der Waals surface area contributed by atoms with Crippen molar-refractivity contribution in [1.29, 1.82) is 0 Å². The first-order valence-corrected chi connectivity index (χ1v) is 10.5. The van der Waals surface area contributed by atoms with E-state index in [4.69, 9.17) is 0 Å². The van der Waals surface area contributed by atoms with Gasteiger partial charge in [-0.15, -0.1) is 0 Å². The van der Waals surface area contributed by atoms with Crippen molar-refractivity contribution in [1.82, 2.24) is 14.7 Å². The molecule has 28 heavy (non-hydrogen) atoms. The molecule has 1 atom stereocenters. The highest BCUT2D eigenvalue weighted by Crippen LogP contribution is 2.29. The van der Waals surface area contributed by atoms with Crippen molar-refractivity contribution < 1.29 is 14.0 Å². The van der Waals surface area contributed by atoms with Gasteiger partial charge in [0.05, 0.1) is 18.1 Å². The van der Waals surface area contributed by atoms with Gasteiger partial charge in [0.25, 0.3) is 0 Å². The van der Waals surface area contributed by atoms with Gasteiger partial charge in [-0.2, -0.15) is 5.10 Å². The van der Waals surface area contributed by atoms with E-state index in [1.807, 2.05) is 4.90 Å². The molecule has 0 N–H and O–H groups in total. The Hall–Kier alpha value is -2.24. The molecule has 2 aliphatic rings. The summed E-state index contributed by atoms with van der Waals surface area (Å²) < 4.78 is 15.5. The number of rotatable bonds is 5. The number of carbonyl (C=O) groups is 2. The number of hydrogen-bond acceptors (Lipinski definition) is 3. The van der Waals surface area contributed by atoms with Crippen LogP contribution in [0.15, 0.2) is 18.2 Å². The average Bonchev–Trinajstić information content (AvgIpc) is 3.27. The quantitative estimate of drug-likeness (QED) is 0.720. The third-order valence-electron chi connectivity index (χ3n) is 6.32. The molecule has 0 spiro atoms. The number of halogens is 1. The Morgan fingerprint density at radius 1 is 1.14 bits per heavy atom. The van der Waals surface area contributed by atoms with Gasteiger partial charge in [-0.25, -0.2) is 4.39 Å². The van der Waals surface area contributed by atoms with Crippen LogP contribution in [0.5, 0.6) is 0 Å². The molecule has 1 aromatic heterocycles. The molecule has 0 radical (unpaired) electrons. The molecule has 0 bridgehead atoms. The lowest BCUT2D eigenvalue weighted by atomic mass is 9.86. The van der Waals surface area contributed by atoms with Crippen molar-refractivity contribution in [3.63, 3.8) is 0 Å². The van der Waals surface area contributed by atoms with Crippen LogP contribution in [-0.4, -0.2) is 39.0 Å². The van der Waals surface area contributed by atoms with Crippen LogP contribution in [0.25, 0.3) is 10.9 Å². The first-order chi connectivity index (χ1) is 13.5. The molecule has 2 heterocycles. The maximum Gasteiger partial charge on any atom is 0.223 e. The first kappa shape index (κ1) is 19.1. The standard InChI is InChI=1S/C22H28FN3O2/c1-15(27)22-19-13-17(23)9-10-20(19)26(24-22)14-18-8-5-11-25(18)21(28)12-16-6-3-2-4-7-16/h9-10,13,16,18H,2-8,11-12,14H2,1H3/t18-/m0/s1. The van der Waals surface area contributed by atoms with Gasteiger partial charge in [-0.1, -0.05) is 19.3 Å². The van der Waals surface area contributed by atoms with Crippen molar-refractivity contribution in [3.05, 3.63) is 29.7 Å². The van der Waals surface area contributed by atoms with E-state index in [2.05, 4.69) is 5.10 Å². The zero-order valence-corrected chi connectivity index (χ0v) is 16.5. The Balaban J connectivity index is 1.53.